The lowest BCUT2D eigenvalue weighted by molar-refractivity contribution is 0.794. The van der Waals surface area contributed by atoms with Gasteiger partial charge in [-0.3, -0.25) is 0 Å². The number of rotatable bonds is 7. The van der Waals surface area contributed by atoms with Gasteiger partial charge < -0.3 is 4.90 Å². The van der Waals surface area contributed by atoms with E-state index in [1.54, 1.807) is 0 Å². The molecule has 0 saturated carbocycles. The van der Waals surface area contributed by atoms with Gasteiger partial charge in [-0.25, -0.2) is 0 Å². The maximum absolute atomic E-state index is 2.47. The summed E-state index contributed by atoms with van der Waals surface area (Å²) in [6.07, 6.45) is 0. The highest BCUT2D eigenvalue weighted by atomic mass is 15.1. The van der Waals surface area contributed by atoms with Crippen LogP contribution in [0.25, 0.3) is 77.5 Å². The van der Waals surface area contributed by atoms with E-state index in [1.807, 2.05) is 0 Å². The Kier molecular flexibility index (Phi) is 8.82. The average Bonchev–Trinajstić information content (AvgIpc) is 3.87. The summed E-state index contributed by atoms with van der Waals surface area (Å²) in [6.45, 7) is 0. The van der Waals surface area contributed by atoms with Crippen LogP contribution < -0.4 is 4.90 Å². The Morgan fingerprint density at radius 2 is 0.667 bits per heavy atom. The Balaban J connectivity index is 1.01. The fourth-order valence-corrected chi connectivity index (χ4v) is 11.2. The van der Waals surface area contributed by atoms with Gasteiger partial charge in [0.05, 0.1) is 11.1 Å². The van der Waals surface area contributed by atoms with Crippen molar-refractivity contribution in [3.8, 4) is 66.8 Å². The summed E-state index contributed by atoms with van der Waals surface area (Å²) in [6, 6.07) is 96.2. The van der Waals surface area contributed by atoms with Gasteiger partial charge in [-0.05, 0) is 131 Å². The molecule has 1 atom stereocenters. The maximum Gasteiger partial charge on any atom is 0.0725 e. The Morgan fingerprint density at radius 3 is 1.29 bits per heavy atom. The Morgan fingerprint density at radius 1 is 0.242 bits per heavy atom. The second-order valence-corrected chi connectivity index (χ2v) is 17.5. The summed E-state index contributed by atoms with van der Waals surface area (Å²) in [5.41, 5.74) is 23.2. The van der Waals surface area contributed by atoms with Crippen molar-refractivity contribution in [1.82, 2.24) is 0 Å². The highest BCUT2D eigenvalue weighted by Gasteiger charge is 2.52. The third kappa shape index (κ3) is 5.80. The van der Waals surface area contributed by atoms with E-state index in [2.05, 4.69) is 266 Å². The van der Waals surface area contributed by atoms with E-state index in [1.165, 1.54) is 99.8 Å². The van der Waals surface area contributed by atoms with E-state index >= 15 is 0 Å². The predicted molar refractivity (Wildman–Crippen MR) is 277 cm³/mol. The first kappa shape index (κ1) is 38.0. The molecule has 1 heteroatoms. The quantitative estimate of drug-likeness (QED) is 0.155. The lowest BCUT2D eigenvalue weighted by Crippen LogP contribution is -2.25. The molecule has 0 amide bonds. The van der Waals surface area contributed by atoms with Crippen LogP contribution in [0.15, 0.2) is 261 Å². The van der Waals surface area contributed by atoms with Gasteiger partial charge in [0.2, 0.25) is 0 Å². The summed E-state index contributed by atoms with van der Waals surface area (Å²) in [5.74, 6) is 0. The molecule has 2 aliphatic carbocycles. The summed E-state index contributed by atoms with van der Waals surface area (Å²) in [7, 11) is 0. The molecular weight excluding hydrogens is 795 g/mol. The number of hydrogen-bond acceptors (Lipinski definition) is 1. The summed E-state index contributed by atoms with van der Waals surface area (Å²) in [5, 5.41) is 2.41. The van der Waals surface area contributed by atoms with Crippen molar-refractivity contribution in [2.75, 3.05) is 4.90 Å². The van der Waals surface area contributed by atoms with Crippen molar-refractivity contribution >= 4 is 27.8 Å². The van der Waals surface area contributed by atoms with Gasteiger partial charge in [0, 0.05) is 16.8 Å². The molecule has 0 heterocycles. The third-order valence-electron chi connectivity index (χ3n) is 14.1. The second kappa shape index (κ2) is 15.3. The van der Waals surface area contributed by atoms with E-state index in [4.69, 9.17) is 0 Å². The van der Waals surface area contributed by atoms with Crippen LogP contribution in [0.2, 0.25) is 0 Å². The largest absolute Gasteiger partial charge is 0.310 e. The molecular formula is C65H43N. The summed E-state index contributed by atoms with van der Waals surface area (Å²) < 4.78 is 0. The van der Waals surface area contributed by atoms with E-state index in [0.29, 0.717) is 0 Å². The van der Waals surface area contributed by atoms with Crippen molar-refractivity contribution in [2.24, 2.45) is 0 Å². The molecule has 11 aromatic rings. The fraction of sp³-hybridized carbons (Fsp3) is 0.0154. The van der Waals surface area contributed by atoms with Gasteiger partial charge in [-0.15, -0.1) is 0 Å². The number of fused-ring (bicyclic) bond motifs is 11. The molecule has 0 bridgehead atoms. The fourth-order valence-electron chi connectivity index (χ4n) is 11.2. The first-order valence-electron chi connectivity index (χ1n) is 22.9. The lowest BCUT2D eigenvalue weighted by Gasteiger charge is -2.31. The third-order valence-corrected chi connectivity index (χ3v) is 14.1. The zero-order valence-corrected chi connectivity index (χ0v) is 36.3. The second-order valence-electron chi connectivity index (χ2n) is 17.5. The molecule has 1 spiro atoms. The topological polar surface area (TPSA) is 3.24 Å². The highest BCUT2D eigenvalue weighted by Crippen LogP contribution is 2.64. The molecule has 0 radical (unpaired) electrons. The van der Waals surface area contributed by atoms with Gasteiger partial charge in [-0.1, -0.05) is 224 Å². The Hall–Kier alpha value is -8.52. The van der Waals surface area contributed by atoms with Crippen LogP contribution in [0.1, 0.15) is 22.3 Å². The first-order chi connectivity index (χ1) is 32.8. The van der Waals surface area contributed by atoms with Crippen molar-refractivity contribution in [1.29, 1.82) is 0 Å². The van der Waals surface area contributed by atoms with Crippen LogP contribution in [0, 0.1) is 0 Å². The molecule has 308 valence electrons. The summed E-state index contributed by atoms with van der Waals surface area (Å²) >= 11 is 0. The standard InChI is InChI=1S/C65H43N/c1-4-17-44(18-5-1)47-31-36-50(37-32-47)66(51-38-33-48(34-39-51)45-19-6-2-7-20-45)63-42-41-53(52-23-10-11-25-56(52)63)57-27-16-30-61-64(57)58-26-13-15-29-60(58)65(61)59-28-14-12-24-54(59)55-40-35-49(43-62(55)65)46-21-8-3-9-22-46/h1-43H. The monoisotopic (exact) mass is 837 g/mol. The summed E-state index contributed by atoms with van der Waals surface area (Å²) in [4.78, 5) is 2.42. The van der Waals surface area contributed by atoms with Crippen molar-refractivity contribution in [3.05, 3.63) is 283 Å². The van der Waals surface area contributed by atoms with Gasteiger partial charge in [0.25, 0.3) is 0 Å². The minimum atomic E-state index is -0.469. The molecule has 1 nitrogen and oxygen atoms in total. The highest BCUT2D eigenvalue weighted by molar-refractivity contribution is 6.10. The van der Waals surface area contributed by atoms with Crippen molar-refractivity contribution in [3.63, 3.8) is 0 Å². The minimum absolute atomic E-state index is 0.469. The van der Waals surface area contributed by atoms with Gasteiger partial charge in [0.1, 0.15) is 0 Å². The van der Waals surface area contributed by atoms with E-state index < -0.39 is 5.41 Å². The van der Waals surface area contributed by atoms with Crippen LogP contribution in [-0.4, -0.2) is 0 Å². The number of nitrogens with zero attached hydrogens (tertiary/aromatic N) is 1. The first-order valence-corrected chi connectivity index (χ1v) is 22.9. The van der Waals surface area contributed by atoms with E-state index in [-0.39, 0.29) is 0 Å². The van der Waals surface area contributed by atoms with Crippen LogP contribution in [-0.2, 0) is 5.41 Å². The minimum Gasteiger partial charge on any atom is -0.310 e. The zero-order chi connectivity index (χ0) is 43.6. The zero-order valence-electron chi connectivity index (χ0n) is 36.3. The van der Waals surface area contributed by atoms with Crippen molar-refractivity contribution < 1.29 is 0 Å². The van der Waals surface area contributed by atoms with Gasteiger partial charge >= 0.3 is 0 Å². The molecule has 13 rings (SSSR count). The number of hydrogen-bond donors (Lipinski definition) is 0. The normalized spacial score (nSPS) is 14.1. The van der Waals surface area contributed by atoms with Crippen LogP contribution in [0.3, 0.4) is 0 Å². The smallest absolute Gasteiger partial charge is 0.0725 e. The maximum atomic E-state index is 2.47. The van der Waals surface area contributed by atoms with Crippen LogP contribution in [0.4, 0.5) is 17.1 Å². The molecule has 0 aromatic heterocycles. The molecule has 1 unspecified atom stereocenters. The molecule has 2 aliphatic rings. The van der Waals surface area contributed by atoms with Crippen molar-refractivity contribution in [2.45, 2.75) is 5.41 Å². The SMILES string of the molecule is c1ccc(-c2ccc(N(c3ccc(-c4ccccc4)cc3)c3ccc(-c4cccc5c4-c4ccccc4C54c5ccccc5-c5ccc(-c6ccccc6)cc54)c4ccccc34)cc2)cc1. The number of anilines is 3. The molecule has 11 aromatic carbocycles. The van der Waals surface area contributed by atoms with Crippen LogP contribution in [0.5, 0.6) is 0 Å². The van der Waals surface area contributed by atoms with E-state index in [0.717, 1.165) is 17.1 Å². The Labute approximate surface area is 386 Å². The molecule has 0 aliphatic heterocycles. The molecule has 0 saturated heterocycles. The molecule has 66 heavy (non-hydrogen) atoms. The average molecular weight is 838 g/mol. The van der Waals surface area contributed by atoms with Gasteiger partial charge in [0.15, 0.2) is 0 Å². The van der Waals surface area contributed by atoms with Gasteiger partial charge in [-0.2, -0.15) is 0 Å². The molecule has 0 N–H and O–H groups in total. The lowest BCUT2D eigenvalue weighted by atomic mass is 9.70. The Bertz CT molecular complexity index is 3530. The number of benzene rings is 11. The predicted octanol–water partition coefficient (Wildman–Crippen LogP) is 17.3. The van der Waals surface area contributed by atoms with Crippen LogP contribution >= 0.6 is 0 Å². The molecule has 0 fully saturated rings. The van der Waals surface area contributed by atoms with E-state index in [9.17, 15) is 0 Å².